The first-order valence-electron chi connectivity index (χ1n) is 9.89. The van der Waals surface area contributed by atoms with Crippen molar-refractivity contribution in [3.05, 3.63) is 63.2 Å². The Balaban J connectivity index is 2.38. The number of rotatable bonds is 9. The number of anilines is 1. The molecule has 31 heavy (non-hydrogen) atoms. The fraction of sp³-hybridized carbons (Fsp3) is 0.364. The van der Waals surface area contributed by atoms with E-state index in [1.54, 1.807) is 38.1 Å². The topological polar surface area (TPSA) is 86.8 Å². The summed E-state index contributed by atoms with van der Waals surface area (Å²) in [7, 11) is -3.71. The first-order valence-corrected chi connectivity index (χ1v) is 12.8. The molecule has 2 amide bonds. The van der Waals surface area contributed by atoms with Crippen LogP contribution >= 0.6 is 22.6 Å². The second-order valence-electron chi connectivity index (χ2n) is 7.26. The third kappa shape index (κ3) is 6.93. The van der Waals surface area contributed by atoms with Crippen LogP contribution in [0.2, 0.25) is 0 Å². The number of nitrogens with one attached hydrogen (secondary N) is 1. The number of hydrogen-bond acceptors (Lipinski definition) is 4. The van der Waals surface area contributed by atoms with Crippen LogP contribution in [-0.4, -0.2) is 50.5 Å². The Morgan fingerprint density at radius 1 is 1.10 bits per heavy atom. The SMILES string of the molecule is CCNC(=O)C(C)N(Cc1ccccc1C)C(=O)CN(c1ccc(I)cc1)S(C)(=O)=O. The molecule has 0 aliphatic rings. The summed E-state index contributed by atoms with van der Waals surface area (Å²) in [5, 5.41) is 2.74. The van der Waals surface area contributed by atoms with Crippen molar-refractivity contribution >= 4 is 50.1 Å². The maximum atomic E-state index is 13.3. The first-order chi connectivity index (χ1) is 14.5. The van der Waals surface area contributed by atoms with Crippen molar-refractivity contribution in [2.75, 3.05) is 23.7 Å². The van der Waals surface area contributed by atoms with E-state index in [0.717, 1.165) is 25.3 Å². The van der Waals surface area contributed by atoms with Gasteiger partial charge in [0.2, 0.25) is 21.8 Å². The number of aryl methyl sites for hydroxylation is 1. The molecule has 1 unspecified atom stereocenters. The number of carbonyl (C=O) groups is 2. The van der Waals surface area contributed by atoms with Gasteiger partial charge in [-0.15, -0.1) is 0 Å². The van der Waals surface area contributed by atoms with E-state index in [1.807, 2.05) is 31.2 Å². The number of amides is 2. The molecule has 0 aliphatic carbocycles. The zero-order valence-electron chi connectivity index (χ0n) is 18.1. The van der Waals surface area contributed by atoms with Crippen LogP contribution in [0.1, 0.15) is 25.0 Å². The number of benzene rings is 2. The molecule has 1 atom stereocenters. The third-order valence-corrected chi connectivity index (χ3v) is 6.77. The molecule has 0 fully saturated rings. The Hall–Kier alpha value is -2.14. The summed E-state index contributed by atoms with van der Waals surface area (Å²) >= 11 is 2.13. The second-order valence-corrected chi connectivity index (χ2v) is 10.4. The fourth-order valence-corrected chi connectivity index (χ4v) is 4.31. The Labute approximate surface area is 198 Å². The van der Waals surface area contributed by atoms with E-state index in [1.165, 1.54) is 4.90 Å². The van der Waals surface area contributed by atoms with Crippen molar-refractivity contribution < 1.29 is 18.0 Å². The number of halogens is 1. The molecule has 0 bridgehead atoms. The molecule has 0 heterocycles. The summed E-state index contributed by atoms with van der Waals surface area (Å²) in [6.45, 7) is 5.64. The maximum absolute atomic E-state index is 13.3. The molecule has 0 aliphatic heterocycles. The van der Waals surface area contributed by atoms with Crippen molar-refractivity contribution in [3.8, 4) is 0 Å². The highest BCUT2D eigenvalue weighted by atomic mass is 127. The zero-order chi connectivity index (χ0) is 23.2. The first kappa shape index (κ1) is 25.1. The quantitative estimate of drug-likeness (QED) is 0.481. The minimum absolute atomic E-state index is 0.202. The van der Waals surface area contributed by atoms with Crippen molar-refractivity contribution in [3.63, 3.8) is 0 Å². The summed E-state index contributed by atoms with van der Waals surface area (Å²) in [4.78, 5) is 27.3. The lowest BCUT2D eigenvalue weighted by Gasteiger charge is -2.31. The molecule has 0 saturated carbocycles. The van der Waals surface area contributed by atoms with Crippen LogP contribution in [0.15, 0.2) is 48.5 Å². The normalized spacial score (nSPS) is 12.2. The molecule has 2 aromatic carbocycles. The van der Waals surface area contributed by atoms with Crippen molar-refractivity contribution in [2.24, 2.45) is 0 Å². The number of hydrogen-bond donors (Lipinski definition) is 1. The van der Waals surface area contributed by atoms with Gasteiger partial charge in [0.1, 0.15) is 12.6 Å². The van der Waals surface area contributed by atoms with Crippen molar-refractivity contribution in [2.45, 2.75) is 33.4 Å². The van der Waals surface area contributed by atoms with Crippen LogP contribution in [-0.2, 0) is 26.2 Å². The van der Waals surface area contributed by atoms with E-state index >= 15 is 0 Å². The average Bonchev–Trinajstić information content (AvgIpc) is 2.71. The summed E-state index contributed by atoms with van der Waals surface area (Å²) < 4.78 is 27.0. The van der Waals surface area contributed by atoms with Gasteiger partial charge in [0, 0.05) is 16.7 Å². The second kappa shape index (κ2) is 10.9. The summed E-state index contributed by atoms with van der Waals surface area (Å²) in [5.41, 5.74) is 2.28. The van der Waals surface area contributed by atoms with Gasteiger partial charge in [-0.1, -0.05) is 24.3 Å². The Kier molecular flexibility index (Phi) is 8.87. The third-order valence-electron chi connectivity index (χ3n) is 4.91. The monoisotopic (exact) mass is 557 g/mol. The lowest BCUT2D eigenvalue weighted by Crippen LogP contribution is -2.51. The smallest absolute Gasteiger partial charge is 0.244 e. The van der Waals surface area contributed by atoms with Gasteiger partial charge in [0.15, 0.2) is 0 Å². The van der Waals surface area contributed by atoms with Gasteiger partial charge in [0.05, 0.1) is 11.9 Å². The number of likely N-dealkylation sites (N-methyl/N-ethyl adjacent to an activating group) is 1. The highest BCUT2D eigenvalue weighted by Crippen LogP contribution is 2.21. The van der Waals surface area contributed by atoms with Gasteiger partial charge in [-0.2, -0.15) is 0 Å². The molecular weight excluding hydrogens is 529 g/mol. The zero-order valence-corrected chi connectivity index (χ0v) is 21.1. The van der Waals surface area contributed by atoms with Crippen molar-refractivity contribution in [1.82, 2.24) is 10.2 Å². The predicted molar refractivity (Wildman–Crippen MR) is 131 cm³/mol. The summed E-state index contributed by atoms with van der Waals surface area (Å²) in [6.07, 6.45) is 1.07. The van der Waals surface area contributed by atoms with E-state index in [9.17, 15) is 18.0 Å². The van der Waals surface area contributed by atoms with Crippen LogP contribution in [0.5, 0.6) is 0 Å². The summed E-state index contributed by atoms with van der Waals surface area (Å²) in [5.74, 6) is -0.740. The van der Waals surface area contributed by atoms with Gasteiger partial charge in [-0.3, -0.25) is 13.9 Å². The number of nitrogens with zero attached hydrogens (tertiary/aromatic N) is 2. The van der Waals surface area contributed by atoms with Crippen LogP contribution in [0.3, 0.4) is 0 Å². The molecular formula is C22H28IN3O4S. The molecule has 1 N–H and O–H groups in total. The molecule has 2 rings (SSSR count). The number of sulfonamides is 1. The minimum atomic E-state index is -3.71. The minimum Gasteiger partial charge on any atom is -0.355 e. The maximum Gasteiger partial charge on any atom is 0.244 e. The van der Waals surface area contributed by atoms with Crippen LogP contribution in [0.4, 0.5) is 5.69 Å². The van der Waals surface area contributed by atoms with E-state index in [2.05, 4.69) is 27.9 Å². The van der Waals surface area contributed by atoms with Crippen LogP contribution in [0.25, 0.3) is 0 Å². The lowest BCUT2D eigenvalue weighted by atomic mass is 10.1. The molecule has 2 aromatic rings. The summed E-state index contributed by atoms with van der Waals surface area (Å²) in [6, 6.07) is 13.7. The van der Waals surface area contributed by atoms with Gasteiger partial charge in [0.25, 0.3) is 0 Å². The van der Waals surface area contributed by atoms with E-state index in [4.69, 9.17) is 0 Å². The van der Waals surface area contributed by atoms with Crippen molar-refractivity contribution in [1.29, 1.82) is 0 Å². The highest BCUT2D eigenvalue weighted by molar-refractivity contribution is 14.1. The van der Waals surface area contributed by atoms with Gasteiger partial charge >= 0.3 is 0 Å². The van der Waals surface area contributed by atoms with E-state index in [-0.39, 0.29) is 12.5 Å². The Morgan fingerprint density at radius 3 is 2.26 bits per heavy atom. The Bertz CT molecular complexity index is 1030. The number of carbonyl (C=O) groups excluding carboxylic acids is 2. The van der Waals surface area contributed by atoms with Gasteiger partial charge < -0.3 is 10.2 Å². The molecule has 0 spiro atoms. The largest absolute Gasteiger partial charge is 0.355 e. The van der Waals surface area contributed by atoms with Crippen LogP contribution in [0, 0.1) is 10.5 Å². The molecule has 7 nitrogen and oxygen atoms in total. The molecule has 0 radical (unpaired) electrons. The van der Waals surface area contributed by atoms with Crippen LogP contribution < -0.4 is 9.62 Å². The lowest BCUT2D eigenvalue weighted by molar-refractivity contribution is -0.139. The molecule has 0 aromatic heterocycles. The van der Waals surface area contributed by atoms with E-state index in [0.29, 0.717) is 12.2 Å². The standard InChI is InChI=1S/C22H28IN3O4S/c1-5-24-22(28)17(3)25(14-18-9-7-6-8-16(18)2)21(27)15-26(31(4,29)30)20-12-10-19(23)11-13-20/h6-13,17H,5,14-15H2,1-4H3,(H,24,28). The molecule has 168 valence electrons. The molecule has 0 saturated heterocycles. The average molecular weight is 557 g/mol. The van der Waals surface area contributed by atoms with Gasteiger partial charge in [-0.05, 0) is 78.8 Å². The van der Waals surface area contributed by atoms with E-state index < -0.39 is 28.5 Å². The fourth-order valence-electron chi connectivity index (χ4n) is 3.10. The molecule has 9 heteroatoms. The predicted octanol–water partition coefficient (Wildman–Crippen LogP) is 2.92. The Morgan fingerprint density at radius 2 is 1.71 bits per heavy atom. The van der Waals surface area contributed by atoms with Gasteiger partial charge in [-0.25, -0.2) is 8.42 Å². The highest BCUT2D eigenvalue weighted by Gasteiger charge is 2.30.